The molecule has 1 aromatic heterocycles. The fraction of sp³-hybridized carbons (Fsp3) is 0.238. The van der Waals surface area contributed by atoms with E-state index >= 15 is 0 Å². The lowest BCUT2D eigenvalue weighted by molar-refractivity contribution is 0.347. The molecule has 1 aliphatic heterocycles. The largest absolute Gasteiger partial charge is 0.510 e. The molecule has 0 saturated heterocycles. The lowest BCUT2D eigenvalue weighted by Crippen LogP contribution is -2.26. The van der Waals surface area contributed by atoms with Crippen LogP contribution >= 0.6 is 0 Å². The molecule has 0 saturated carbocycles. The molecule has 3 aromatic rings. The Morgan fingerprint density at radius 3 is 2.63 bits per heavy atom. The summed E-state index contributed by atoms with van der Waals surface area (Å²) in [6.07, 6.45) is 0. The Bertz CT molecular complexity index is 1060. The number of aryl methyl sites for hydroxylation is 2. The summed E-state index contributed by atoms with van der Waals surface area (Å²) in [7, 11) is 3.52. The second-order valence-electron chi connectivity index (χ2n) is 6.86. The van der Waals surface area contributed by atoms with Gasteiger partial charge in [0.15, 0.2) is 0 Å². The van der Waals surface area contributed by atoms with Gasteiger partial charge in [-0.05, 0) is 24.6 Å². The van der Waals surface area contributed by atoms with Crippen LogP contribution in [0.2, 0.25) is 0 Å². The number of nitrogens with zero attached hydrogens (tertiary/aromatic N) is 3. The van der Waals surface area contributed by atoms with Gasteiger partial charge >= 0.3 is 0 Å². The highest BCUT2D eigenvalue weighted by atomic mass is 16.5. The molecule has 0 amide bonds. The number of aliphatic hydroxyl groups excluding tert-OH is 1. The van der Waals surface area contributed by atoms with E-state index < -0.39 is 0 Å². The number of nitrogens with one attached hydrogen (secondary N) is 1. The van der Waals surface area contributed by atoms with Crippen molar-refractivity contribution in [2.24, 2.45) is 7.05 Å². The molecule has 1 aliphatic rings. The van der Waals surface area contributed by atoms with Gasteiger partial charge in [-0.25, -0.2) is 4.98 Å². The van der Waals surface area contributed by atoms with Crippen LogP contribution in [0.4, 0.5) is 0 Å². The van der Waals surface area contributed by atoms with Crippen LogP contribution in [0.1, 0.15) is 17.0 Å². The highest BCUT2D eigenvalue weighted by Crippen LogP contribution is 2.30. The maximum Gasteiger partial charge on any atom is 0.148 e. The molecule has 6 heteroatoms. The zero-order chi connectivity index (χ0) is 19.1. The summed E-state index contributed by atoms with van der Waals surface area (Å²) in [4.78, 5) is 6.51. The molecule has 0 radical (unpaired) electrons. The van der Waals surface area contributed by atoms with Crippen LogP contribution in [0.5, 0.6) is 5.75 Å². The highest BCUT2D eigenvalue weighted by Gasteiger charge is 2.31. The van der Waals surface area contributed by atoms with E-state index in [-0.39, 0.29) is 5.76 Å². The van der Waals surface area contributed by atoms with E-state index in [9.17, 15) is 5.11 Å². The standard InChI is InChI=1S/C21H22N4O2/c1-13-4-6-14(7-5-13)11-25-12-18(26)19(20(25)22)21-23-16-10-15(27-3)8-9-17(16)24(21)2/h4-10,22,26H,11-12H2,1-3H3. The van der Waals surface area contributed by atoms with Gasteiger partial charge in [-0.3, -0.25) is 5.41 Å². The first-order valence-electron chi connectivity index (χ1n) is 8.80. The average molecular weight is 362 g/mol. The predicted molar refractivity (Wildman–Crippen MR) is 106 cm³/mol. The van der Waals surface area contributed by atoms with Gasteiger partial charge in [-0.2, -0.15) is 0 Å². The summed E-state index contributed by atoms with van der Waals surface area (Å²) in [5.74, 6) is 1.79. The number of aromatic nitrogens is 2. The number of benzene rings is 2. The second-order valence-corrected chi connectivity index (χ2v) is 6.86. The van der Waals surface area contributed by atoms with Gasteiger partial charge in [0, 0.05) is 19.7 Å². The first-order valence-corrected chi connectivity index (χ1v) is 8.80. The summed E-state index contributed by atoms with van der Waals surface area (Å²) < 4.78 is 7.18. The van der Waals surface area contributed by atoms with Crippen molar-refractivity contribution in [2.75, 3.05) is 13.7 Å². The number of hydrogen-bond donors (Lipinski definition) is 2. The topological polar surface area (TPSA) is 74.4 Å². The molecule has 0 aliphatic carbocycles. The minimum atomic E-state index is 0.178. The lowest BCUT2D eigenvalue weighted by Gasteiger charge is -2.18. The quantitative estimate of drug-likeness (QED) is 0.743. The molecule has 0 unspecified atom stereocenters. The van der Waals surface area contributed by atoms with E-state index in [1.807, 2.05) is 41.6 Å². The van der Waals surface area contributed by atoms with E-state index in [1.54, 1.807) is 7.11 Å². The first-order chi connectivity index (χ1) is 13.0. The van der Waals surface area contributed by atoms with Gasteiger partial charge in [0.05, 0.1) is 30.3 Å². The summed E-state index contributed by atoms with van der Waals surface area (Å²) in [6, 6.07) is 13.9. The number of aliphatic hydroxyl groups is 1. The number of amidine groups is 1. The van der Waals surface area contributed by atoms with Gasteiger partial charge in [0.1, 0.15) is 23.2 Å². The number of methoxy groups -OCH3 is 1. The van der Waals surface area contributed by atoms with E-state index in [4.69, 9.17) is 10.1 Å². The van der Waals surface area contributed by atoms with Crippen LogP contribution in [-0.2, 0) is 13.6 Å². The van der Waals surface area contributed by atoms with E-state index in [0.717, 1.165) is 22.3 Å². The molecule has 0 spiro atoms. The Morgan fingerprint density at radius 2 is 1.93 bits per heavy atom. The zero-order valence-corrected chi connectivity index (χ0v) is 15.7. The van der Waals surface area contributed by atoms with Crippen LogP contribution in [-0.4, -0.2) is 39.0 Å². The molecule has 0 bridgehead atoms. The molecule has 138 valence electrons. The summed E-state index contributed by atoms with van der Waals surface area (Å²) in [6.45, 7) is 2.94. The van der Waals surface area contributed by atoms with Crippen LogP contribution in [0.3, 0.4) is 0 Å². The zero-order valence-electron chi connectivity index (χ0n) is 15.7. The maximum absolute atomic E-state index is 10.6. The van der Waals surface area contributed by atoms with Crippen molar-refractivity contribution >= 4 is 22.4 Å². The van der Waals surface area contributed by atoms with Crippen LogP contribution in [0.15, 0.2) is 48.2 Å². The molecular weight excluding hydrogens is 340 g/mol. The van der Waals surface area contributed by atoms with Crippen molar-refractivity contribution in [1.82, 2.24) is 14.5 Å². The summed E-state index contributed by atoms with van der Waals surface area (Å²) in [5, 5.41) is 19.2. The third-order valence-electron chi connectivity index (χ3n) is 4.99. The molecule has 0 fully saturated rings. The van der Waals surface area contributed by atoms with E-state index in [0.29, 0.717) is 30.3 Å². The Hall–Kier alpha value is -3.28. The van der Waals surface area contributed by atoms with Gasteiger partial charge in [0.25, 0.3) is 0 Å². The van der Waals surface area contributed by atoms with Crippen LogP contribution in [0, 0.1) is 12.3 Å². The average Bonchev–Trinajstić information content (AvgIpc) is 3.12. The van der Waals surface area contributed by atoms with Crippen molar-refractivity contribution in [3.8, 4) is 5.75 Å². The van der Waals surface area contributed by atoms with Crippen molar-refractivity contribution in [3.05, 3.63) is 65.2 Å². The van der Waals surface area contributed by atoms with E-state index in [1.165, 1.54) is 5.56 Å². The molecular formula is C21H22N4O2. The SMILES string of the molecule is COc1ccc2c(c1)nc(C1=C(O)CN(Cc3ccc(C)cc3)C1=N)n2C. The minimum Gasteiger partial charge on any atom is -0.510 e. The lowest BCUT2D eigenvalue weighted by atomic mass is 10.1. The molecule has 6 nitrogen and oxygen atoms in total. The Labute approximate surface area is 157 Å². The number of rotatable bonds is 4. The van der Waals surface area contributed by atoms with Crippen molar-refractivity contribution in [2.45, 2.75) is 13.5 Å². The molecule has 0 atom stereocenters. The van der Waals surface area contributed by atoms with Gasteiger partial charge in [-0.15, -0.1) is 0 Å². The molecule has 27 heavy (non-hydrogen) atoms. The van der Waals surface area contributed by atoms with Crippen molar-refractivity contribution in [3.63, 3.8) is 0 Å². The molecule has 2 aromatic carbocycles. The van der Waals surface area contributed by atoms with Crippen LogP contribution in [0.25, 0.3) is 16.6 Å². The predicted octanol–water partition coefficient (Wildman–Crippen LogP) is 3.65. The smallest absolute Gasteiger partial charge is 0.148 e. The minimum absolute atomic E-state index is 0.178. The number of imidazole rings is 1. The highest BCUT2D eigenvalue weighted by molar-refractivity contribution is 6.23. The number of fused-ring (bicyclic) bond motifs is 1. The van der Waals surface area contributed by atoms with Crippen molar-refractivity contribution < 1.29 is 9.84 Å². The van der Waals surface area contributed by atoms with Gasteiger partial charge in [0.2, 0.25) is 0 Å². The number of ether oxygens (including phenoxy) is 1. The molecule has 2 N–H and O–H groups in total. The number of hydrogen-bond acceptors (Lipinski definition) is 4. The third-order valence-corrected chi connectivity index (χ3v) is 4.99. The van der Waals surface area contributed by atoms with E-state index in [2.05, 4.69) is 29.2 Å². The molecule has 2 heterocycles. The fourth-order valence-corrected chi connectivity index (χ4v) is 3.45. The van der Waals surface area contributed by atoms with Crippen molar-refractivity contribution in [1.29, 1.82) is 5.41 Å². The van der Waals surface area contributed by atoms with Gasteiger partial charge < -0.3 is 19.3 Å². The second kappa shape index (κ2) is 6.46. The Morgan fingerprint density at radius 1 is 1.19 bits per heavy atom. The third kappa shape index (κ3) is 2.93. The Kier molecular flexibility index (Phi) is 4.11. The monoisotopic (exact) mass is 362 g/mol. The first kappa shape index (κ1) is 17.1. The van der Waals surface area contributed by atoms with Gasteiger partial charge in [-0.1, -0.05) is 29.8 Å². The normalized spacial score (nSPS) is 14.5. The molecule has 4 rings (SSSR count). The summed E-state index contributed by atoms with van der Waals surface area (Å²) in [5.41, 5.74) is 4.49. The summed E-state index contributed by atoms with van der Waals surface area (Å²) >= 11 is 0. The van der Waals surface area contributed by atoms with Crippen LogP contribution < -0.4 is 4.74 Å². The Balaban J connectivity index is 1.66. The fourth-order valence-electron chi connectivity index (χ4n) is 3.45. The maximum atomic E-state index is 10.6.